The van der Waals surface area contributed by atoms with Gasteiger partial charge in [0.25, 0.3) is 0 Å². The van der Waals surface area contributed by atoms with Crippen molar-refractivity contribution in [3.05, 3.63) is 55.4 Å². The van der Waals surface area contributed by atoms with E-state index in [4.69, 9.17) is 5.73 Å². The topological polar surface area (TPSA) is 69.6 Å². The molecule has 0 spiro atoms. The van der Waals surface area contributed by atoms with Gasteiger partial charge in [-0.15, -0.1) is 0 Å². The van der Waals surface area contributed by atoms with E-state index in [0.29, 0.717) is 0 Å². The van der Waals surface area contributed by atoms with Crippen LogP contribution in [0.2, 0.25) is 0 Å². The Morgan fingerprint density at radius 1 is 1.00 bits per heavy atom. The molecule has 0 aliphatic rings. The van der Waals surface area contributed by atoms with Crippen molar-refractivity contribution in [2.75, 3.05) is 5.73 Å². The first-order valence-electron chi connectivity index (χ1n) is 5.49. The van der Waals surface area contributed by atoms with Crippen LogP contribution in [-0.2, 0) is 0 Å². The maximum Gasteiger partial charge on any atom is 0.115 e. The molecule has 5 nitrogen and oxygen atoms in total. The summed E-state index contributed by atoms with van der Waals surface area (Å²) in [6, 6.07) is 7.70. The van der Waals surface area contributed by atoms with Crippen LogP contribution in [-0.4, -0.2) is 19.7 Å². The lowest BCUT2D eigenvalue weighted by Crippen LogP contribution is -1.95. The Morgan fingerprint density at radius 3 is 2.61 bits per heavy atom. The van der Waals surface area contributed by atoms with Gasteiger partial charge in [-0.3, -0.25) is 0 Å². The van der Waals surface area contributed by atoms with Crippen LogP contribution < -0.4 is 5.73 Å². The third-order valence-electron chi connectivity index (χ3n) is 2.61. The Kier molecular flexibility index (Phi) is 2.49. The molecule has 88 valence electrons. The summed E-state index contributed by atoms with van der Waals surface area (Å²) in [5.41, 5.74) is 9.38. The van der Waals surface area contributed by atoms with Crippen molar-refractivity contribution in [3.8, 4) is 16.8 Å². The van der Waals surface area contributed by atoms with Crippen molar-refractivity contribution < 1.29 is 0 Å². The second-order valence-electron chi connectivity index (χ2n) is 3.90. The van der Waals surface area contributed by atoms with Crippen molar-refractivity contribution >= 4 is 5.69 Å². The molecule has 3 aromatic rings. The van der Waals surface area contributed by atoms with Crippen LogP contribution in [0.15, 0.2) is 55.4 Å². The highest BCUT2D eigenvalue weighted by Crippen LogP contribution is 2.21. The van der Waals surface area contributed by atoms with Crippen molar-refractivity contribution in [1.82, 2.24) is 19.7 Å². The molecule has 2 aromatic heterocycles. The van der Waals surface area contributed by atoms with E-state index in [1.54, 1.807) is 23.3 Å². The van der Waals surface area contributed by atoms with Crippen LogP contribution in [0, 0.1) is 0 Å². The van der Waals surface area contributed by atoms with Crippen LogP contribution in [0.5, 0.6) is 0 Å². The predicted octanol–water partition coefficient (Wildman–Crippen LogP) is 1.91. The molecule has 2 heterocycles. The van der Waals surface area contributed by atoms with Crippen molar-refractivity contribution in [2.45, 2.75) is 0 Å². The molecule has 5 heteroatoms. The lowest BCUT2D eigenvalue weighted by atomic mass is 10.1. The lowest BCUT2D eigenvalue weighted by Gasteiger charge is -1.99. The third kappa shape index (κ3) is 1.93. The molecular formula is C13H11N5. The highest BCUT2D eigenvalue weighted by Gasteiger charge is 2.03. The fourth-order valence-corrected chi connectivity index (χ4v) is 1.74. The molecule has 0 bridgehead atoms. The van der Waals surface area contributed by atoms with E-state index in [2.05, 4.69) is 15.1 Å². The van der Waals surface area contributed by atoms with Crippen molar-refractivity contribution in [3.63, 3.8) is 0 Å². The number of nitrogens with zero attached hydrogens (tertiary/aromatic N) is 4. The molecular weight excluding hydrogens is 226 g/mol. The number of rotatable bonds is 2. The molecule has 0 atom stereocenters. The van der Waals surface area contributed by atoms with Gasteiger partial charge in [0, 0.05) is 17.4 Å². The first-order chi connectivity index (χ1) is 8.83. The summed E-state index contributed by atoms with van der Waals surface area (Å²) < 4.78 is 1.73. The van der Waals surface area contributed by atoms with E-state index in [1.165, 1.54) is 6.33 Å². The van der Waals surface area contributed by atoms with Crippen LogP contribution >= 0.6 is 0 Å². The molecule has 0 fully saturated rings. The zero-order chi connectivity index (χ0) is 12.4. The van der Waals surface area contributed by atoms with E-state index in [9.17, 15) is 0 Å². The molecule has 0 aliphatic carbocycles. The van der Waals surface area contributed by atoms with Gasteiger partial charge in [0.1, 0.15) is 12.0 Å². The number of anilines is 1. The average molecular weight is 237 g/mol. The van der Waals surface area contributed by atoms with E-state index >= 15 is 0 Å². The van der Waals surface area contributed by atoms with Crippen molar-refractivity contribution in [1.29, 1.82) is 0 Å². The van der Waals surface area contributed by atoms with Gasteiger partial charge >= 0.3 is 0 Å². The lowest BCUT2D eigenvalue weighted by molar-refractivity contribution is 0.864. The van der Waals surface area contributed by atoms with Gasteiger partial charge in [-0.05, 0) is 17.7 Å². The zero-order valence-corrected chi connectivity index (χ0v) is 9.56. The largest absolute Gasteiger partial charge is 0.399 e. The van der Waals surface area contributed by atoms with Gasteiger partial charge in [0.05, 0.1) is 18.6 Å². The monoisotopic (exact) mass is 237 g/mol. The quantitative estimate of drug-likeness (QED) is 0.691. The van der Waals surface area contributed by atoms with Crippen LogP contribution in [0.1, 0.15) is 0 Å². The van der Waals surface area contributed by atoms with E-state index in [1.807, 2.05) is 30.5 Å². The second kappa shape index (κ2) is 4.29. The molecule has 3 rings (SSSR count). The van der Waals surface area contributed by atoms with E-state index in [0.717, 1.165) is 22.5 Å². The highest BCUT2D eigenvalue weighted by atomic mass is 15.3. The molecule has 0 saturated heterocycles. The number of nitrogen functional groups attached to an aromatic ring is 1. The maximum absolute atomic E-state index is 5.77. The molecule has 0 amide bonds. The van der Waals surface area contributed by atoms with Crippen LogP contribution in [0.25, 0.3) is 16.8 Å². The van der Waals surface area contributed by atoms with Gasteiger partial charge in [-0.25, -0.2) is 14.6 Å². The highest BCUT2D eigenvalue weighted by molar-refractivity contribution is 5.66. The summed E-state index contributed by atoms with van der Waals surface area (Å²) >= 11 is 0. The molecule has 0 aliphatic heterocycles. The standard InChI is InChI=1S/C13H11N5/c14-12-3-1-2-10(4-12)11-5-17-18(8-11)13-6-15-9-16-7-13/h1-9H,14H2. The van der Waals surface area contributed by atoms with Gasteiger partial charge in [-0.2, -0.15) is 5.10 Å². The Morgan fingerprint density at radius 2 is 1.83 bits per heavy atom. The van der Waals surface area contributed by atoms with Gasteiger partial charge in [0.15, 0.2) is 0 Å². The predicted molar refractivity (Wildman–Crippen MR) is 69.0 cm³/mol. The summed E-state index contributed by atoms with van der Waals surface area (Å²) in [6.45, 7) is 0. The normalized spacial score (nSPS) is 10.4. The van der Waals surface area contributed by atoms with E-state index < -0.39 is 0 Å². The Balaban J connectivity index is 2.00. The smallest absolute Gasteiger partial charge is 0.115 e. The maximum atomic E-state index is 5.77. The number of nitrogens with two attached hydrogens (primary N) is 1. The molecule has 0 unspecified atom stereocenters. The Hall–Kier alpha value is -2.69. The van der Waals surface area contributed by atoms with Gasteiger partial charge in [0.2, 0.25) is 0 Å². The fourth-order valence-electron chi connectivity index (χ4n) is 1.74. The Labute approximate surface area is 104 Å². The SMILES string of the molecule is Nc1cccc(-c2cnn(-c3cncnc3)c2)c1. The van der Waals surface area contributed by atoms with Crippen LogP contribution in [0.4, 0.5) is 5.69 Å². The average Bonchev–Trinajstić information content (AvgIpc) is 2.89. The minimum Gasteiger partial charge on any atom is -0.399 e. The van der Waals surface area contributed by atoms with Crippen LogP contribution in [0.3, 0.4) is 0 Å². The van der Waals surface area contributed by atoms with Gasteiger partial charge < -0.3 is 5.73 Å². The minimum absolute atomic E-state index is 0.739. The molecule has 1 aromatic carbocycles. The van der Waals surface area contributed by atoms with Crippen molar-refractivity contribution in [2.24, 2.45) is 0 Å². The summed E-state index contributed by atoms with van der Waals surface area (Å²) in [7, 11) is 0. The number of hydrogen-bond acceptors (Lipinski definition) is 4. The first-order valence-corrected chi connectivity index (χ1v) is 5.49. The second-order valence-corrected chi connectivity index (χ2v) is 3.90. The third-order valence-corrected chi connectivity index (χ3v) is 2.61. The summed E-state index contributed by atoms with van der Waals surface area (Å²) in [5.74, 6) is 0. The van der Waals surface area contributed by atoms with E-state index in [-0.39, 0.29) is 0 Å². The molecule has 2 N–H and O–H groups in total. The molecule has 0 saturated carbocycles. The first kappa shape index (κ1) is 10.5. The number of aromatic nitrogens is 4. The summed E-state index contributed by atoms with van der Waals surface area (Å²) in [5, 5.41) is 4.29. The summed E-state index contributed by atoms with van der Waals surface area (Å²) in [4.78, 5) is 7.93. The number of hydrogen-bond donors (Lipinski definition) is 1. The Bertz CT molecular complexity index is 660. The minimum atomic E-state index is 0.739. The number of benzene rings is 1. The van der Waals surface area contributed by atoms with Gasteiger partial charge in [-0.1, -0.05) is 12.1 Å². The summed E-state index contributed by atoms with van der Waals surface area (Å²) in [6.07, 6.45) is 8.63. The zero-order valence-electron chi connectivity index (χ0n) is 9.56. The molecule has 0 radical (unpaired) electrons. The fraction of sp³-hybridized carbons (Fsp3) is 0. The molecule has 18 heavy (non-hydrogen) atoms.